The second kappa shape index (κ2) is 3.93. The third-order valence-corrected chi connectivity index (χ3v) is 2.35. The number of alkyl halides is 2. The highest BCUT2D eigenvalue weighted by Crippen LogP contribution is 2.44. The van der Waals surface area contributed by atoms with Crippen molar-refractivity contribution in [3.05, 3.63) is 17.3 Å². The van der Waals surface area contributed by atoms with Crippen molar-refractivity contribution in [3.63, 3.8) is 0 Å². The monoisotopic (exact) mass is 225 g/mol. The van der Waals surface area contributed by atoms with Crippen molar-refractivity contribution in [3.8, 4) is 11.8 Å². The predicted molar refractivity (Wildman–Crippen MR) is 52.0 cm³/mol. The molecule has 2 N–H and O–H groups in total. The summed E-state index contributed by atoms with van der Waals surface area (Å²) in [6.45, 7) is -2.92. The number of halogens is 2. The lowest BCUT2D eigenvalue weighted by atomic mass is 10.2. The molecular weight excluding hydrogens is 216 g/mol. The summed E-state index contributed by atoms with van der Waals surface area (Å²) in [5.74, 6) is 0.151. The second-order valence-corrected chi connectivity index (χ2v) is 3.57. The number of nitriles is 1. The van der Waals surface area contributed by atoms with Crippen LogP contribution in [0.5, 0.6) is 5.75 Å². The molecule has 1 aliphatic carbocycles. The molecular formula is C10H9F2N3O. The lowest BCUT2D eigenvalue weighted by molar-refractivity contribution is -0.0507. The van der Waals surface area contributed by atoms with E-state index in [1.54, 1.807) is 6.07 Å². The summed E-state index contributed by atoms with van der Waals surface area (Å²) in [7, 11) is 0. The first-order valence-electron chi connectivity index (χ1n) is 4.77. The number of nitrogens with two attached hydrogens (primary N) is 1. The van der Waals surface area contributed by atoms with E-state index >= 15 is 0 Å². The first-order chi connectivity index (χ1) is 7.61. The van der Waals surface area contributed by atoms with Crippen molar-refractivity contribution in [2.24, 2.45) is 0 Å². The number of nitrogen functional groups attached to an aromatic ring is 1. The minimum Gasteiger partial charge on any atom is -0.433 e. The summed E-state index contributed by atoms with van der Waals surface area (Å²) in [5.41, 5.74) is 6.00. The maximum absolute atomic E-state index is 12.2. The zero-order chi connectivity index (χ0) is 11.7. The third-order valence-electron chi connectivity index (χ3n) is 2.35. The van der Waals surface area contributed by atoms with Gasteiger partial charge >= 0.3 is 6.61 Å². The predicted octanol–water partition coefficient (Wildman–Crippen LogP) is 2.01. The first kappa shape index (κ1) is 10.6. The van der Waals surface area contributed by atoms with Gasteiger partial charge in [-0.15, -0.1) is 0 Å². The van der Waals surface area contributed by atoms with Crippen LogP contribution < -0.4 is 10.5 Å². The topological polar surface area (TPSA) is 71.9 Å². The highest BCUT2D eigenvalue weighted by Gasteiger charge is 2.30. The Morgan fingerprint density at radius 1 is 1.56 bits per heavy atom. The van der Waals surface area contributed by atoms with E-state index < -0.39 is 6.61 Å². The molecule has 1 fully saturated rings. The Kier molecular flexibility index (Phi) is 2.60. The average molecular weight is 225 g/mol. The number of anilines is 1. The molecule has 0 amide bonds. The van der Waals surface area contributed by atoms with Crippen molar-refractivity contribution in [2.75, 3.05) is 5.73 Å². The molecule has 0 saturated heterocycles. The van der Waals surface area contributed by atoms with Crippen molar-refractivity contribution in [2.45, 2.75) is 25.4 Å². The Hall–Kier alpha value is -1.90. The molecule has 16 heavy (non-hydrogen) atoms. The van der Waals surface area contributed by atoms with E-state index in [0.29, 0.717) is 5.69 Å². The number of aromatic nitrogens is 1. The van der Waals surface area contributed by atoms with E-state index in [4.69, 9.17) is 11.0 Å². The summed E-state index contributed by atoms with van der Waals surface area (Å²) in [6, 6.07) is 3.01. The van der Waals surface area contributed by atoms with Gasteiger partial charge in [0, 0.05) is 12.0 Å². The number of nitrogens with zero attached hydrogens (tertiary/aromatic N) is 2. The molecule has 6 heteroatoms. The SMILES string of the molecule is N#Cc1cc(OC(F)F)c(C2CC2)nc1N. The minimum absolute atomic E-state index is 0.0387. The van der Waals surface area contributed by atoms with E-state index in [2.05, 4.69) is 9.72 Å². The average Bonchev–Trinajstić information content (AvgIpc) is 3.03. The van der Waals surface area contributed by atoms with Gasteiger partial charge in [-0.1, -0.05) is 0 Å². The van der Waals surface area contributed by atoms with Gasteiger partial charge in [-0.25, -0.2) is 4.98 Å². The largest absolute Gasteiger partial charge is 0.433 e. The molecule has 2 rings (SSSR count). The van der Waals surface area contributed by atoms with Crippen molar-refractivity contribution in [1.82, 2.24) is 4.98 Å². The number of ether oxygens (including phenoxy) is 1. The Morgan fingerprint density at radius 3 is 2.75 bits per heavy atom. The van der Waals surface area contributed by atoms with Gasteiger partial charge in [0.05, 0.1) is 11.3 Å². The molecule has 0 unspecified atom stereocenters. The minimum atomic E-state index is -2.92. The van der Waals surface area contributed by atoms with Gasteiger partial charge in [0.15, 0.2) is 0 Å². The highest BCUT2D eigenvalue weighted by atomic mass is 19.3. The van der Waals surface area contributed by atoms with Crippen LogP contribution in [0, 0.1) is 11.3 Å². The molecule has 4 nitrogen and oxygen atoms in total. The smallest absolute Gasteiger partial charge is 0.387 e. The number of pyridine rings is 1. The second-order valence-electron chi connectivity index (χ2n) is 3.57. The van der Waals surface area contributed by atoms with Gasteiger partial charge in [-0.3, -0.25) is 0 Å². The fourth-order valence-electron chi connectivity index (χ4n) is 1.45. The van der Waals surface area contributed by atoms with Crippen LogP contribution >= 0.6 is 0 Å². The van der Waals surface area contributed by atoms with Gasteiger partial charge in [-0.2, -0.15) is 14.0 Å². The molecule has 1 aromatic heterocycles. The Balaban J connectivity index is 2.42. The normalized spacial score (nSPS) is 14.9. The number of hydrogen-bond donors (Lipinski definition) is 1. The molecule has 1 aromatic rings. The van der Waals surface area contributed by atoms with E-state index in [1.165, 1.54) is 6.07 Å². The Morgan fingerprint density at radius 2 is 2.25 bits per heavy atom. The fraction of sp³-hybridized carbons (Fsp3) is 0.400. The van der Waals surface area contributed by atoms with Crippen molar-refractivity contribution < 1.29 is 13.5 Å². The van der Waals surface area contributed by atoms with Crippen LogP contribution in [0.25, 0.3) is 0 Å². The van der Waals surface area contributed by atoms with E-state index in [-0.39, 0.29) is 23.0 Å². The van der Waals surface area contributed by atoms with Crippen LogP contribution in [-0.2, 0) is 0 Å². The van der Waals surface area contributed by atoms with Gasteiger partial charge in [-0.05, 0) is 12.8 Å². The summed E-state index contributed by atoms with van der Waals surface area (Å²) in [5, 5.41) is 8.71. The molecule has 84 valence electrons. The summed E-state index contributed by atoms with van der Waals surface area (Å²) >= 11 is 0. The maximum atomic E-state index is 12.2. The number of rotatable bonds is 3. The molecule has 0 radical (unpaired) electrons. The quantitative estimate of drug-likeness (QED) is 0.854. The van der Waals surface area contributed by atoms with Crippen molar-refractivity contribution in [1.29, 1.82) is 5.26 Å². The molecule has 0 bridgehead atoms. The zero-order valence-electron chi connectivity index (χ0n) is 8.28. The zero-order valence-corrected chi connectivity index (χ0v) is 8.28. The van der Waals surface area contributed by atoms with Gasteiger partial charge in [0.1, 0.15) is 17.6 Å². The molecule has 0 aromatic carbocycles. The van der Waals surface area contributed by atoms with Crippen LogP contribution in [0.4, 0.5) is 14.6 Å². The molecule has 1 saturated carbocycles. The van der Waals surface area contributed by atoms with E-state index in [0.717, 1.165) is 12.8 Å². The van der Waals surface area contributed by atoms with Crippen LogP contribution in [0.1, 0.15) is 30.0 Å². The maximum Gasteiger partial charge on any atom is 0.387 e. The van der Waals surface area contributed by atoms with Crippen LogP contribution in [-0.4, -0.2) is 11.6 Å². The summed E-state index contributed by atoms with van der Waals surface area (Å²) in [6.07, 6.45) is 1.77. The highest BCUT2D eigenvalue weighted by molar-refractivity contribution is 5.54. The van der Waals surface area contributed by atoms with Gasteiger partial charge in [0.2, 0.25) is 0 Å². The molecule has 1 aliphatic rings. The Labute approximate surface area is 90.6 Å². The van der Waals surface area contributed by atoms with E-state index in [9.17, 15) is 8.78 Å². The van der Waals surface area contributed by atoms with Crippen LogP contribution in [0.3, 0.4) is 0 Å². The van der Waals surface area contributed by atoms with E-state index in [1.807, 2.05) is 0 Å². The lowest BCUT2D eigenvalue weighted by Crippen LogP contribution is -2.07. The molecule has 1 heterocycles. The summed E-state index contributed by atoms with van der Waals surface area (Å²) < 4.78 is 28.7. The first-order valence-corrected chi connectivity index (χ1v) is 4.77. The Bertz CT molecular complexity index is 452. The molecule has 0 spiro atoms. The van der Waals surface area contributed by atoms with Gasteiger partial charge < -0.3 is 10.5 Å². The fourth-order valence-corrected chi connectivity index (χ4v) is 1.45. The van der Waals surface area contributed by atoms with Crippen molar-refractivity contribution >= 4 is 5.82 Å². The molecule has 0 atom stereocenters. The summed E-state index contributed by atoms with van der Waals surface area (Å²) in [4.78, 5) is 3.96. The lowest BCUT2D eigenvalue weighted by Gasteiger charge is -2.10. The van der Waals surface area contributed by atoms with Crippen LogP contribution in [0.15, 0.2) is 6.07 Å². The molecule has 0 aliphatic heterocycles. The van der Waals surface area contributed by atoms with Gasteiger partial charge in [0.25, 0.3) is 0 Å². The van der Waals surface area contributed by atoms with Crippen LogP contribution in [0.2, 0.25) is 0 Å². The number of hydrogen-bond acceptors (Lipinski definition) is 4. The standard InChI is InChI=1S/C10H9F2N3O/c11-10(12)16-7-3-6(4-13)9(14)15-8(7)5-1-2-5/h3,5,10H,1-2H2,(H2,14,15). The third kappa shape index (κ3) is 2.03.